The van der Waals surface area contributed by atoms with Crippen LogP contribution >= 0.6 is 23.2 Å². The molecule has 0 aromatic heterocycles. The Hall–Kier alpha value is -2.58. The number of benzene rings is 2. The van der Waals surface area contributed by atoms with Gasteiger partial charge in [-0.25, -0.2) is 31.1 Å². The molecule has 1 saturated heterocycles. The normalized spacial score (nSPS) is 16.9. The fourth-order valence-corrected chi connectivity index (χ4v) is 8.26. The van der Waals surface area contributed by atoms with Gasteiger partial charge in [-0.05, 0) is 61.9 Å². The molecule has 3 rings (SSSR count). The standard InChI is InChI=1S/C28H39Cl2N5O6S2/c1-20(2)16-24(33-27(36)32-22-8-4-3-5-9-22)18-35(28(37)34-23-12-15-42(38,39)19-23)14-7-6-13-31-43(40,41)26-11-10-21(29)17-25(26)30/h3-5,8-11,17,20,23-24,31H,6-7,12-16,18-19H2,1-2H3,(H,34,37)(H2,32,33,36)/t23?,24-/m0/s1. The molecule has 2 aromatic rings. The van der Waals surface area contributed by atoms with E-state index in [-0.39, 0.29) is 47.0 Å². The van der Waals surface area contributed by atoms with Crippen molar-refractivity contribution in [1.29, 1.82) is 0 Å². The van der Waals surface area contributed by atoms with Crippen molar-refractivity contribution in [3.05, 3.63) is 58.6 Å². The van der Waals surface area contributed by atoms with Gasteiger partial charge in [-0.3, -0.25) is 0 Å². The van der Waals surface area contributed by atoms with Crippen LogP contribution in [-0.4, -0.2) is 77.0 Å². The van der Waals surface area contributed by atoms with Crippen molar-refractivity contribution in [3.8, 4) is 0 Å². The Labute approximate surface area is 264 Å². The maximum atomic E-state index is 13.3. The lowest BCUT2D eigenvalue weighted by molar-refractivity contribution is 0.183. The molecule has 43 heavy (non-hydrogen) atoms. The van der Waals surface area contributed by atoms with Gasteiger partial charge in [0.15, 0.2) is 9.84 Å². The Kier molecular flexibility index (Phi) is 12.9. The lowest BCUT2D eigenvalue weighted by Gasteiger charge is -2.30. The van der Waals surface area contributed by atoms with Crippen LogP contribution in [0.1, 0.15) is 39.5 Å². The summed E-state index contributed by atoms with van der Waals surface area (Å²) in [5, 5.41) is 8.91. The highest BCUT2D eigenvalue weighted by atomic mass is 35.5. The third kappa shape index (κ3) is 11.8. The second-order valence-electron chi connectivity index (χ2n) is 11.0. The molecule has 1 aliphatic rings. The number of nitrogens with one attached hydrogen (secondary N) is 4. The van der Waals surface area contributed by atoms with E-state index >= 15 is 0 Å². The summed E-state index contributed by atoms with van der Waals surface area (Å²) in [6.45, 7) is 4.56. The molecule has 11 nitrogen and oxygen atoms in total. The highest BCUT2D eigenvalue weighted by molar-refractivity contribution is 7.91. The first-order chi connectivity index (χ1) is 20.2. The minimum Gasteiger partial charge on any atom is -0.334 e. The molecule has 0 aliphatic carbocycles. The van der Waals surface area contributed by atoms with Crippen molar-refractivity contribution in [1.82, 2.24) is 20.3 Å². The number of amides is 4. The summed E-state index contributed by atoms with van der Waals surface area (Å²) in [5.74, 6) is 0.114. The molecule has 2 atom stereocenters. The van der Waals surface area contributed by atoms with E-state index in [1.807, 2.05) is 19.9 Å². The first kappa shape index (κ1) is 34.9. The number of carbonyl (C=O) groups is 2. The number of sulfonamides is 1. The number of hydrogen-bond donors (Lipinski definition) is 4. The Bertz CT molecular complexity index is 1460. The minimum absolute atomic E-state index is 0.0109. The molecular formula is C28H39Cl2N5O6S2. The van der Waals surface area contributed by atoms with Gasteiger partial charge in [0, 0.05) is 42.4 Å². The van der Waals surface area contributed by atoms with Gasteiger partial charge in [-0.1, -0.05) is 55.2 Å². The summed E-state index contributed by atoms with van der Waals surface area (Å²) < 4.78 is 51.8. The number of para-hydroxylation sites is 1. The molecule has 1 heterocycles. The van der Waals surface area contributed by atoms with Gasteiger partial charge >= 0.3 is 12.1 Å². The topological polar surface area (TPSA) is 154 Å². The molecule has 0 bridgehead atoms. The number of urea groups is 2. The predicted octanol–water partition coefficient (Wildman–Crippen LogP) is 4.49. The van der Waals surface area contributed by atoms with Gasteiger partial charge in [0.2, 0.25) is 10.0 Å². The number of unbranched alkanes of at least 4 members (excludes halogenated alkanes) is 1. The average molecular weight is 677 g/mol. The molecule has 0 spiro atoms. The van der Waals surface area contributed by atoms with Crippen LogP contribution in [0.5, 0.6) is 0 Å². The van der Waals surface area contributed by atoms with Crippen LogP contribution in [0.2, 0.25) is 10.0 Å². The second-order valence-corrected chi connectivity index (χ2v) is 15.8. The smallest absolute Gasteiger partial charge is 0.319 e. The van der Waals surface area contributed by atoms with Crippen LogP contribution in [0, 0.1) is 5.92 Å². The summed E-state index contributed by atoms with van der Waals surface area (Å²) in [6.07, 6.45) is 1.77. The SMILES string of the molecule is CC(C)C[C@@H](CN(CCCCNS(=O)(=O)c1ccc(Cl)cc1Cl)C(=O)NC1CCS(=O)(=O)C1)NC(=O)Nc1ccccc1. The molecule has 1 unspecified atom stereocenters. The number of rotatable bonds is 14. The molecule has 0 radical (unpaired) electrons. The van der Waals surface area contributed by atoms with E-state index in [0.29, 0.717) is 36.4 Å². The van der Waals surface area contributed by atoms with Crippen molar-refractivity contribution in [3.63, 3.8) is 0 Å². The molecule has 2 aromatic carbocycles. The van der Waals surface area contributed by atoms with E-state index in [1.165, 1.54) is 18.2 Å². The number of anilines is 1. The average Bonchev–Trinajstić information content (AvgIpc) is 3.25. The maximum absolute atomic E-state index is 13.3. The zero-order valence-electron chi connectivity index (χ0n) is 24.2. The van der Waals surface area contributed by atoms with Gasteiger partial charge in [0.05, 0.1) is 16.5 Å². The number of sulfone groups is 1. The summed E-state index contributed by atoms with van der Waals surface area (Å²) in [5.41, 5.74) is 0.627. The Balaban J connectivity index is 1.64. The van der Waals surface area contributed by atoms with Gasteiger partial charge in [0.25, 0.3) is 0 Å². The summed E-state index contributed by atoms with van der Waals surface area (Å²) >= 11 is 11.9. The Morgan fingerprint density at radius 2 is 1.79 bits per heavy atom. The molecule has 4 N–H and O–H groups in total. The summed E-state index contributed by atoms with van der Waals surface area (Å²) in [4.78, 5) is 27.6. The first-order valence-electron chi connectivity index (χ1n) is 14.1. The van der Waals surface area contributed by atoms with E-state index in [2.05, 4.69) is 20.7 Å². The largest absolute Gasteiger partial charge is 0.334 e. The van der Waals surface area contributed by atoms with E-state index in [1.54, 1.807) is 29.2 Å². The van der Waals surface area contributed by atoms with Crippen molar-refractivity contribution in [2.45, 2.75) is 56.5 Å². The molecule has 15 heteroatoms. The van der Waals surface area contributed by atoms with Gasteiger partial charge in [-0.2, -0.15) is 0 Å². The number of hydrogen-bond acceptors (Lipinski definition) is 6. The van der Waals surface area contributed by atoms with E-state index in [4.69, 9.17) is 23.2 Å². The highest BCUT2D eigenvalue weighted by Gasteiger charge is 2.31. The van der Waals surface area contributed by atoms with Crippen molar-refractivity contribution >= 4 is 60.8 Å². The molecule has 1 fully saturated rings. The van der Waals surface area contributed by atoms with Crippen LogP contribution in [0.15, 0.2) is 53.4 Å². The zero-order chi connectivity index (χ0) is 31.6. The van der Waals surface area contributed by atoms with E-state index in [0.717, 1.165) is 0 Å². The van der Waals surface area contributed by atoms with Crippen molar-refractivity contribution < 1.29 is 26.4 Å². The predicted molar refractivity (Wildman–Crippen MR) is 170 cm³/mol. The number of carbonyl (C=O) groups excluding carboxylic acids is 2. The lowest BCUT2D eigenvalue weighted by Crippen LogP contribution is -2.52. The van der Waals surface area contributed by atoms with Gasteiger partial charge < -0.3 is 20.9 Å². The molecule has 4 amide bonds. The number of nitrogens with zero attached hydrogens (tertiary/aromatic N) is 1. The number of halogens is 2. The van der Waals surface area contributed by atoms with Crippen LogP contribution in [0.3, 0.4) is 0 Å². The molecule has 238 valence electrons. The first-order valence-corrected chi connectivity index (χ1v) is 18.1. The summed E-state index contributed by atoms with van der Waals surface area (Å²) in [6, 6.07) is 11.4. The van der Waals surface area contributed by atoms with Gasteiger partial charge in [0.1, 0.15) is 4.90 Å². The summed E-state index contributed by atoms with van der Waals surface area (Å²) in [7, 11) is -7.07. The quantitative estimate of drug-likeness (QED) is 0.217. The zero-order valence-corrected chi connectivity index (χ0v) is 27.3. The Morgan fingerprint density at radius 1 is 1.07 bits per heavy atom. The maximum Gasteiger partial charge on any atom is 0.319 e. The fourth-order valence-electron chi connectivity index (χ4n) is 4.74. The lowest BCUT2D eigenvalue weighted by atomic mass is 10.0. The van der Waals surface area contributed by atoms with Gasteiger partial charge in [-0.15, -0.1) is 0 Å². The monoisotopic (exact) mass is 675 g/mol. The van der Waals surface area contributed by atoms with E-state index in [9.17, 15) is 26.4 Å². The fraction of sp³-hybridized carbons (Fsp3) is 0.500. The van der Waals surface area contributed by atoms with Crippen LogP contribution in [-0.2, 0) is 19.9 Å². The van der Waals surface area contributed by atoms with Crippen LogP contribution < -0.4 is 20.7 Å². The van der Waals surface area contributed by atoms with Crippen molar-refractivity contribution in [2.75, 3.05) is 36.5 Å². The van der Waals surface area contributed by atoms with Crippen molar-refractivity contribution in [2.24, 2.45) is 5.92 Å². The molecule has 0 saturated carbocycles. The third-order valence-electron chi connectivity index (χ3n) is 6.74. The molecular weight excluding hydrogens is 637 g/mol. The third-order valence-corrected chi connectivity index (χ3v) is 10.7. The van der Waals surface area contributed by atoms with Crippen LogP contribution in [0.25, 0.3) is 0 Å². The highest BCUT2D eigenvalue weighted by Crippen LogP contribution is 2.24. The minimum atomic E-state index is -3.87. The van der Waals surface area contributed by atoms with Crippen LogP contribution in [0.4, 0.5) is 15.3 Å². The Morgan fingerprint density at radius 3 is 2.42 bits per heavy atom. The van der Waals surface area contributed by atoms with E-state index < -0.39 is 44.0 Å². The molecule has 1 aliphatic heterocycles. The second kappa shape index (κ2) is 15.9.